The first-order valence-corrected chi connectivity index (χ1v) is 10.4. The van der Waals surface area contributed by atoms with Crippen LogP contribution in [-0.2, 0) is 4.79 Å². The van der Waals surface area contributed by atoms with Gasteiger partial charge >= 0.3 is 0 Å². The van der Waals surface area contributed by atoms with Crippen molar-refractivity contribution in [1.29, 1.82) is 0 Å². The number of hydrazone groups is 1. The second-order valence-corrected chi connectivity index (χ2v) is 7.55. The number of carbonyl (C=O) groups excluding carboxylic acids is 1. The lowest BCUT2D eigenvalue weighted by Gasteiger charge is -2.11. The lowest BCUT2D eigenvalue weighted by atomic mass is 10.0. The fraction of sp³-hybridized carbons (Fsp3) is 0.182. The van der Waals surface area contributed by atoms with E-state index in [2.05, 4.69) is 10.5 Å². The van der Waals surface area contributed by atoms with Gasteiger partial charge in [0.25, 0.3) is 5.91 Å². The van der Waals surface area contributed by atoms with Crippen molar-refractivity contribution in [2.24, 2.45) is 5.10 Å². The van der Waals surface area contributed by atoms with Crippen molar-refractivity contribution in [1.82, 2.24) is 5.43 Å². The molecule has 3 rings (SSSR count). The van der Waals surface area contributed by atoms with Crippen LogP contribution in [0.2, 0.25) is 15.1 Å². The molecule has 3 aromatic rings. The number of carbonyl (C=O) groups is 1. The monoisotopic (exact) mass is 464 g/mol. The fourth-order valence-electron chi connectivity index (χ4n) is 2.73. The van der Waals surface area contributed by atoms with Crippen molar-refractivity contribution in [2.75, 3.05) is 13.2 Å². The van der Waals surface area contributed by atoms with E-state index in [9.17, 15) is 4.79 Å². The highest BCUT2D eigenvalue weighted by Crippen LogP contribution is 2.35. The Labute approximate surface area is 189 Å². The lowest BCUT2D eigenvalue weighted by molar-refractivity contribution is -0.123. The van der Waals surface area contributed by atoms with E-state index in [4.69, 9.17) is 44.3 Å². The van der Waals surface area contributed by atoms with Crippen LogP contribution < -0.4 is 14.9 Å². The molecule has 0 aliphatic rings. The molecule has 0 aromatic heterocycles. The van der Waals surface area contributed by atoms with E-state index >= 15 is 0 Å². The highest BCUT2D eigenvalue weighted by Gasteiger charge is 2.11. The predicted molar refractivity (Wildman–Crippen MR) is 122 cm³/mol. The summed E-state index contributed by atoms with van der Waals surface area (Å²) in [6, 6.07) is 14.7. The zero-order chi connectivity index (χ0) is 21.5. The van der Waals surface area contributed by atoms with Gasteiger partial charge in [-0.15, -0.1) is 0 Å². The van der Waals surface area contributed by atoms with Gasteiger partial charge in [0.15, 0.2) is 6.61 Å². The fourth-order valence-corrected chi connectivity index (χ4v) is 3.37. The topological polar surface area (TPSA) is 59.9 Å². The van der Waals surface area contributed by atoms with E-state index in [1.807, 2.05) is 43.3 Å². The van der Waals surface area contributed by atoms with Gasteiger partial charge in [-0.3, -0.25) is 4.79 Å². The van der Waals surface area contributed by atoms with Crippen LogP contribution in [0.4, 0.5) is 0 Å². The minimum absolute atomic E-state index is 0.186. The number of benzene rings is 3. The highest BCUT2D eigenvalue weighted by atomic mass is 35.5. The van der Waals surface area contributed by atoms with Gasteiger partial charge in [-0.05, 0) is 29.3 Å². The van der Waals surface area contributed by atoms with Gasteiger partial charge in [0, 0.05) is 16.7 Å². The Morgan fingerprint density at radius 3 is 2.67 bits per heavy atom. The molecule has 30 heavy (non-hydrogen) atoms. The van der Waals surface area contributed by atoms with E-state index in [0.29, 0.717) is 17.4 Å². The van der Waals surface area contributed by atoms with Gasteiger partial charge in [0.05, 0.1) is 17.8 Å². The molecule has 156 valence electrons. The third-order valence-electron chi connectivity index (χ3n) is 4.09. The first kappa shape index (κ1) is 22.2. The molecule has 0 heterocycles. The van der Waals surface area contributed by atoms with Crippen molar-refractivity contribution in [3.63, 3.8) is 0 Å². The van der Waals surface area contributed by atoms with Crippen LogP contribution in [-0.4, -0.2) is 25.3 Å². The van der Waals surface area contributed by atoms with Crippen LogP contribution >= 0.6 is 34.8 Å². The molecule has 8 heteroatoms. The van der Waals surface area contributed by atoms with Gasteiger partial charge in [-0.2, -0.15) is 5.10 Å². The van der Waals surface area contributed by atoms with E-state index in [1.165, 1.54) is 12.1 Å². The average Bonchev–Trinajstić information content (AvgIpc) is 2.74. The van der Waals surface area contributed by atoms with Crippen LogP contribution in [0.25, 0.3) is 10.8 Å². The molecule has 1 amide bonds. The minimum Gasteiger partial charge on any atom is -0.493 e. The molecule has 1 N–H and O–H groups in total. The zero-order valence-corrected chi connectivity index (χ0v) is 18.4. The number of nitrogens with one attached hydrogen (secondary N) is 1. The molecule has 0 saturated heterocycles. The quantitative estimate of drug-likeness (QED) is 0.248. The molecule has 0 bridgehead atoms. The summed E-state index contributed by atoms with van der Waals surface area (Å²) in [6.45, 7) is 2.32. The van der Waals surface area contributed by atoms with Gasteiger partial charge in [-0.1, -0.05) is 72.1 Å². The molecule has 0 aliphatic heterocycles. The van der Waals surface area contributed by atoms with E-state index in [1.54, 1.807) is 6.21 Å². The van der Waals surface area contributed by atoms with Gasteiger partial charge in [-0.25, -0.2) is 5.43 Å². The Hall–Kier alpha value is -2.47. The Bertz CT molecular complexity index is 1090. The van der Waals surface area contributed by atoms with Crippen molar-refractivity contribution in [3.8, 4) is 11.5 Å². The number of halogens is 3. The molecule has 0 radical (unpaired) electrons. The maximum atomic E-state index is 12.1. The molecule has 5 nitrogen and oxygen atoms in total. The Morgan fingerprint density at radius 2 is 1.87 bits per heavy atom. The first-order valence-electron chi connectivity index (χ1n) is 9.23. The lowest BCUT2D eigenvalue weighted by Crippen LogP contribution is -2.24. The van der Waals surface area contributed by atoms with Crippen LogP contribution in [0.15, 0.2) is 53.6 Å². The van der Waals surface area contributed by atoms with Crippen molar-refractivity contribution in [3.05, 3.63) is 69.2 Å². The molecule has 0 saturated carbocycles. The second-order valence-electron chi connectivity index (χ2n) is 6.33. The van der Waals surface area contributed by atoms with E-state index < -0.39 is 5.91 Å². The number of hydrogen-bond donors (Lipinski definition) is 1. The number of rotatable bonds is 8. The molecule has 0 unspecified atom stereocenters. The van der Waals surface area contributed by atoms with Crippen molar-refractivity contribution < 1.29 is 14.3 Å². The summed E-state index contributed by atoms with van der Waals surface area (Å²) in [5.41, 5.74) is 3.22. The summed E-state index contributed by atoms with van der Waals surface area (Å²) < 4.78 is 11.2. The molecule has 0 spiro atoms. The second kappa shape index (κ2) is 10.5. The normalized spacial score (nSPS) is 11.1. The van der Waals surface area contributed by atoms with Gasteiger partial charge < -0.3 is 9.47 Å². The predicted octanol–water partition coefficient (Wildman–Crippen LogP) is 6.12. The Balaban J connectivity index is 1.70. The molecule has 3 aromatic carbocycles. The summed E-state index contributed by atoms with van der Waals surface area (Å²) in [5, 5.41) is 6.86. The Kier molecular flexibility index (Phi) is 7.80. The summed E-state index contributed by atoms with van der Waals surface area (Å²) in [7, 11) is 0. The molecular formula is C22H19Cl3N2O3. The van der Waals surface area contributed by atoms with Crippen LogP contribution in [0.5, 0.6) is 11.5 Å². The highest BCUT2D eigenvalue weighted by molar-refractivity contribution is 6.44. The van der Waals surface area contributed by atoms with E-state index in [-0.39, 0.29) is 22.4 Å². The number of amides is 1. The molecular weight excluding hydrogens is 447 g/mol. The summed E-state index contributed by atoms with van der Waals surface area (Å²) in [5.74, 6) is 0.456. The van der Waals surface area contributed by atoms with Crippen LogP contribution in [0.3, 0.4) is 0 Å². The number of hydrogen-bond acceptors (Lipinski definition) is 4. The smallest absolute Gasteiger partial charge is 0.277 e. The third-order valence-corrected chi connectivity index (χ3v) is 5.10. The zero-order valence-electron chi connectivity index (χ0n) is 16.1. The first-order chi connectivity index (χ1) is 14.5. The largest absolute Gasteiger partial charge is 0.493 e. The van der Waals surface area contributed by atoms with Gasteiger partial charge in [0.1, 0.15) is 16.5 Å². The van der Waals surface area contributed by atoms with E-state index in [0.717, 1.165) is 22.8 Å². The van der Waals surface area contributed by atoms with Crippen LogP contribution in [0.1, 0.15) is 18.9 Å². The molecule has 0 atom stereocenters. The Morgan fingerprint density at radius 1 is 1.07 bits per heavy atom. The summed E-state index contributed by atoms with van der Waals surface area (Å²) in [6.07, 6.45) is 2.45. The SMILES string of the molecule is CCCOc1ccc2ccccc2c1/C=N\NC(=O)COc1cc(Cl)cc(Cl)c1Cl. The van der Waals surface area contributed by atoms with Gasteiger partial charge in [0.2, 0.25) is 0 Å². The number of nitrogens with zero attached hydrogens (tertiary/aromatic N) is 1. The number of fused-ring (bicyclic) bond motifs is 1. The van der Waals surface area contributed by atoms with Crippen molar-refractivity contribution >= 4 is 57.7 Å². The van der Waals surface area contributed by atoms with Crippen LogP contribution in [0, 0.1) is 0 Å². The third kappa shape index (κ3) is 5.57. The standard InChI is InChI=1S/C22H19Cl3N2O3/c1-2-9-29-19-8-7-14-5-3-4-6-16(14)17(19)12-26-27-21(28)13-30-20-11-15(23)10-18(24)22(20)25/h3-8,10-12H,2,9,13H2,1H3,(H,27,28)/b26-12-. The minimum atomic E-state index is -0.463. The summed E-state index contributed by atoms with van der Waals surface area (Å²) in [4.78, 5) is 12.1. The number of ether oxygens (including phenoxy) is 2. The maximum Gasteiger partial charge on any atom is 0.277 e. The average molecular weight is 466 g/mol. The maximum absolute atomic E-state index is 12.1. The van der Waals surface area contributed by atoms with Crippen molar-refractivity contribution in [2.45, 2.75) is 13.3 Å². The summed E-state index contributed by atoms with van der Waals surface area (Å²) >= 11 is 17.9. The molecule has 0 fully saturated rings. The molecule has 0 aliphatic carbocycles.